The predicted molar refractivity (Wildman–Crippen MR) is 66.8 cm³/mol. The van der Waals surface area contributed by atoms with E-state index in [1.54, 1.807) is 0 Å². The maximum atomic E-state index is 5.95. The van der Waals surface area contributed by atoms with E-state index in [1.165, 1.54) is 24.8 Å². The Morgan fingerprint density at radius 2 is 2.29 bits per heavy atom. The lowest BCUT2D eigenvalue weighted by Gasteiger charge is -2.28. The number of pyridine rings is 1. The maximum Gasteiger partial charge on any atom is 0.0627 e. The van der Waals surface area contributed by atoms with Crippen molar-refractivity contribution in [3.8, 4) is 0 Å². The van der Waals surface area contributed by atoms with E-state index in [0.717, 1.165) is 5.69 Å². The number of nitrogens with one attached hydrogen (secondary N) is 1. The van der Waals surface area contributed by atoms with Gasteiger partial charge in [0.15, 0.2) is 0 Å². The van der Waals surface area contributed by atoms with E-state index in [1.807, 2.05) is 20.2 Å². The Morgan fingerprint density at radius 3 is 2.82 bits per heavy atom. The third kappa shape index (κ3) is 1.98. The number of nitrogens with zero attached hydrogens (tertiary/aromatic N) is 1. The van der Waals surface area contributed by atoms with Crippen molar-refractivity contribution in [2.75, 3.05) is 7.05 Å². The number of fused-ring (bicyclic) bond motifs is 2. The largest absolute Gasteiger partial charge is 0.375 e. The lowest BCUT2D eigenvalue weighted by molar-refractivity contribution is 0.0863. The highest BCUT2D eigenvalue weighted by molar-refractivity contribution is 5.19. The van der Waals surface area contributed by atoms with E-state index >= 15 is 0 Å². The van der Waals surface area contributed by atoms with Crippen LogP contribution in [0.4, 0.5) is 0 Å². The molecule has 3 heterocycles. The van der Waals surface area contributed by atoms with Crippen molar-refractivity contribution in [1.82, 2.24) is 10.3 Å². The lowest BCUT2D eigenvalue weighted by atomic mass is 9.81. The molecule has 2 bridgehead atoms. The Kier molecular flexibility index (Phi) is 2.89. The molecular weight excluding hydrogens is 212 g/mol. The summed E-state index contributed by atoms with van der Waals surface area (Å²) >= 11 is 0. The molecule has 2 aliphatic heterocycles. The molecule has 92 valence electrons. The summed E-state index contributed by atoms with van der Waals surface area (Å²) in [6.45, 7) is 2.03. The van der Waals surface area contributed by atoms with Crippen molar-refractivity contribution in [2.24, 2.45) is 5.92 Å². The molecule has 4 atom stereocenters. The van der Waals surface area contributed by atoms with Gasteiger partial charge in [0.2, 0.25) is 0 Å². The molecule has 1 N–H and O–H groups in total. The number of rotatable bonds is 3. The maximum absolute atomic E-state index is 5.95. The molecule has 1 aromatic heterocycles. The van der Waals surface area contributed by atoms with Gasteiger partial charge in [-0.05, 0) is 44.9 Å². The van der Waals surface area contributed by atoms with Crippen LogP contribution in [-0.4, -0.2) is 24.2 Å². The Hall–Kier alpha value is -0.930. The van der Waals surface area contributed by atoms with E-state index in [4.69, 9.17) is 4.74 Å². The average molecular weight is 232 g/mol. The van der Waals surface area contributed by atoms with Crippen LogP contribution in [0.25, 0.3) is 0 Å². The normalized spacial score (nSPS) is 32.9. The van der Waals surface area contributed by atoms with E-state index < -0.39 is 0 Å². The number of hydrogen-bond acceptors (Lipinski definition) is 3. The minimum Gasteiger partial charge on any atom is -0.375 e. The highest BCUT2D eigenvalue weighted by Gasteiger charge is 2.44. The van der Waals surface area contributed by atoms with Gasteiger partial charge in [0.25, 0.3) is 0 Å². The van der Waals surface area contributed by atoms with Gasteiger partial charge in [-0.1, -0.05) is 6.07 Å². The molecule has 0 radical (unpaired) electrons. The Bertz CT molecular complexity index is 390. The van der Waals surface area contributed by atoms with Gasteiger partial charge in [-0.15, -0.1) is 0 Å². The van der Waals surface area contributed by atoms with Gasteiger partial charge in [-0.25, -0.2) is 0 Å². The molecule has 3 rings (SSSR count). The summed E-state index contributed by atoms with van der Waals surface area (Å²) in [7, 11) is 2.04. The summed E-state index contributed by atoms with van der Waals surface area (Å²) in [4.78, 5) is 4.40. The van der Waals surface area contributed by atoms with E-state index in [0.29, 0.717) is 24.2 Å². The molecule has 1 aromatic rings. The molecule has 0 spiro atoms. The number of hydrogen-bond donors (Lipinski definition) is 1. The fourth-order valence-corrected chi connectivity index (χ4v) is 3.32. The first kappa shape index (κ1) is 11.2. The third-order valence-corrected chi connectivity index (χ3v) is 4.19. The van der Waals surface area contributed by atoms with Crippen molar-refractivity contribution in [2.45, 2.75) is 44.4 Å². The van der Waals surface area contributed by atoms with Crippen LogP contribution < -0.4 is 5.32 Å². The third-order valence-electron chi connectivity index (χ3n) is 4.19. The number of ether oxygens (including phenoxy) is 1. The zero-order valence-electron chi connectivity index (χ0n) is 10.5. The molecule has 3 nitrogen and oxygen atoms in total. The van der Waals surface area contributed by atoms with Gasteiger partial charge in [0.05, 0.1) is 12.2 Å². The molecule has 2 fully saturated rings. The van der Waals surface area contributed by atoms with Crippen LogP contribution in [0.1, 0.15) is 36.6 Å². The molecular formula is C14H20N2O. The van der Waals surface area contributed by atoms with Crippen LogP contribution in [0.3, 0.4) is 0 Å². The predicted octanol–water partition coefficient (Wildman–Crippen LogP) is 2.22. The fraction of sp³-hybridized carbons (Fsp3) is 0.643. The highest BCUT2D eigenvalue weighted by atomic mass is 16.5. The van der Waals surface area contributed by atoms with Crippen molar-refractivity contribution in [3.05, 3.63) is 29.6 Å². The average Bonchev–Trinajstić information content (AvgIpc) is 2.95. The lowest BCUT2D eigenvalue weighted by Crippen LogP contribution is -2.31. The zero-order valence-corrected chi connectivity index (χ0v) is 10.5. The first-order valence-corrected chi connectivity index (χ1v) is 6.53. The van der Waals surface area contributed by atoms with Crippen molar-refractivity contribution < 1.29 is 4.74 Å². The second kappa shape index (κ2) is 4.39. The minimum atomic E-state index is 0.387. The summed E-state index contributed by atoms with van der Waals surface area (Å²) in [5, 5.41) is 3.44. The van der Waals surface area contributed by atoms with E-state index in [9.17, 15) is 0 Å². The van der Waals surface area contributed by atoms with Crippen molar-refractivity contribution >= 4 is 0 Å². The van der Waals surface area contributed by atoms with Gasteiger partial charge in [-0.3, -0.25) is 4.98 Å². The summed E-state index contributed by atoms with van der Waals surface area (Å²) in [5.41, 5.74) is 2.37. The van der Waals surface area contributed by atoms with Crippen LogP contribution in [0, 0.1) is 12.8 Å². The quantitative estimate of drug-likeness (QED) is 0.867. The molecule has 3 heteroatoms. The van der Waals surface area contributed by atoms with Crippen LogP contribution in [0.15, 0.2) is 18.3 Å². The topological polar surface area (TPSA) is 34.2 Å². The SMILES string of the molecule is CNC(c1ccc(C)nc1)C1CC2CCC1O2. The minimum absolute atomic E-state index is 0.387. The standard InChI is InChI=1S/C14H20N2O/c1-9-3-4-10(8-16-9)14(15-2)12-7-11-5-6-13(12)17-11/h3-4,8,11-15H,5-7H2,1-2H3. The molecule has 2 aliphatic rings. The van der Waals surface area contributed by atoms with Crippen LogP contribution >= 0.6 is 0 Å². The van der Waals surface area contributed by atoms with Gasteiger partial charge in [-0.2, -0.15) is 0 Å². The molecule has 4 unspecified atom stereocenters. The van der Waals surface area contributed by atoms with E-state index in [2.05, 4.69) is 22.4 Å². The van der Waals surface area contributed by atoms with Gasteiger partial charge in [0, 0.05) is 23.9 Å². The smallest absolute Gasteiger partial charge is 0.0627 e. The molecule has 2 saturated heterocycles. The Morgan fingerprint density at radius 1 is 1.41 bits per heavy atom. The molecule has 17 heavy (non-hydrogen) atoms. The first-order chi connectivity index (χ1) is 8.28. The van der Waals surface area contributed by atoms with E-state index in [-0.39, 0.29) is 0 Å². The van der Waals surface area contributed by atoms with Crippen molar-refractivity contribution in [1.29, 1.82) is 0 Å². The molecule has 0 aromatic carbocycles. The van der Waals surface area contributed by atoms with Gasteiger partial charge in [0.1, 0.15) is 0 Å². The summed E-state index contributed by atoms with van der Waals surface area (Å²) < 4.78 is 5.95. The van der Waals surface area contributed by atoms with Gasteiger partial charge < -0.3 is 10.1 Å². The summed E-state index contributed by atoms with van der Waals surface area (Å²) in [5.74, 6) is 0.614. The summed E-state index contributed by atoms with van der Waals surface area (Å²) in [6.07, 6.45) is 6.65. The monoisotopic (exact) mass is 232 g/mol. The molecule has 0 amide bonds. The second-order valence-electron chi connectivity index (χ2n) is 5.27. The number of aryl methyl sites for hydroxylation is 1. The highest BCUT2D eigenvalue weighted by Crippen LogP contribution is 2.44. The molecule has 0 aliphatic carbocycles. The summed E-state index contributed by atoms with van der Waals surface area (Å²) in [6, 6.07) is 4.67. The first-order valence-electron chi connectivity index (χ1n) is 6.53. The van der Waals surface area contributed by atoms with Crippen molar-refractivity contribution in [3.63, 3.8) is 0 Å². The van der Waals surface area contributed by atoms with Gasteiger partial charge >= 0.3 is 0 Å². The second-order valence-corrected chi connectivity index (χ2v) is 5.27. The Balaban J connectivity index is 1.81. The van der Waals surface area contributed by atoms with Crippen LogP contribution in [0.2, 0.25) is 0 Å². The fourth-order valence-electron chi connectivity index (χ4n) is 3.32. The zero-order chi connectivity index (χ0) is 11.8. The van der Waals surface area contributed by atoms with Crippen LogP contribution in [-0.2, 0) is 4.74 Å². The number of aromatic nitrogens is 1. The van der Waals surface area contributed by atoms with Crippen LogP contribution in [0.5, 0.6) is 0 Å². The molecule has 0 saturated carbocycles. The Labute approximate surface area is 103 Å².